The molecule has 1 aliphatic rings. The fourth-order valence-electron chi connectivity index (χ4n) is 0.639. The quantitative estimate of drug-likeness (QED) is 0.440. The minimum Gasteiger partial charge on any atom is -0.394 e. The van der Waals surface area contributed by atoms with Crippen molar-refractivity contribution < 1.29 is 9.84 Å². The number of aliphatic hydroxyl groups is 1. The van der Waals surface area contributed by atoms with E-state index in [1.807, 2.05) is 6.92 Å². The van der Waals surface area contributed by atoms with E-state index in [4.69, 9.17) is 21.4 Å². The van der Waals surface area contributed by atoms with Crippen LogP contribution in [0.1, 0.15) is 6.92 Å². The first-order valence-corrected chi connectivity index (χ1v) is 3.11. The van der Waals surface area contributed by atoms with Crippen molar-refractivity contribution in [2.45, 2.75) is 18.6 Å². The molecule has 0 amide bonds. The molecule has 1 fully saturated rings. The Balaban J connectivity index is 2.31. The molecule has 2 nitrogen and oxygen atoms in total. The second-order valence-electron chi connectivity index (χ2n) is 2.24. The first kappa shape index (κ1) is 6.33. The normalized spacial score (nSPS) is 44.6. The summed E-state index contributed by atoms with van der Waals surface area (Å²) in [5.74, 6) is 0.470. The van der Waals surface area contributed by atoms with Crippen LogP contribution in [-0.2, 0) is 4.74 Å². The Hall–Kier alpha value is 0.210. The fourth-order valence-corrected chi connectivity index (χ4v) is 0.874. The highest BCUT2D eigenvalue weighted by atomic mass is 35.5. The number of halogens is 1. The van der Waals surface area contributed by atoms with Crippen LogP contribution >= 0.6 is 11.6 Å². The smallest absolute Gasteiger partial charge is 0.111 e. The molecule has 0 aromatic carbocycles. The van der Waals surface area contributed by atoms with Crippen LogP contribution in [0.5, 0.6) is 0 Å². The second kappa shape index (κ2) is 1.87. The molecule has 48 valence electrons. The summed E-state index contributed by atoms with van der Waals surface area (Å²) in [4.78, 5) is 0. The van der Waals surface area contributed by atoms with Gasteiger partial charge < -0.3 is 9.84 Å². The average molecular weight is 137 g/mol. The van der Waals surface area contributed by atoms with Gasteiger partial charge in [0.25, 0.3) is 0 Å². The summed E-state index contributed by atoms with van der Waals surface area (Å²) in [5, 5.41) is 8.49. The van der Waals surface area contributed by atoms with E-state index in [1.165, 1.54) is 0 Å². The monoisotopic (exact) mass is 136 g/mol. The topological polar surface area (TPSA) is 32.8 Å². The van der Waals surface area contributed by atoms with Gasteiger partial charge in [-0.25, -0.2) is 0 Å². The van der Waals surface area contributed by atoms with E-state index in [0.29, 0.717) is 5.88 Å². The highest BCUT2D eigenvalue weighted by molar-refractivity contribution is 6.18. The lowest BCUT2D eigenvalue weighted by molar-refractivity contribution is 0.238. The SMILES string of the molecule is CC1(CCl)OC1CO. The molecule has 0 spiro atoms. The Morgan fingerprint density at radius 1 is 1.88 bits per heavy atom. The summed E-state index contributed by atoms with van der Waals surface area (Å²) in [6.07, 6.45) is -0.0139. The maximum atomic E-state index is 8.49. The number of ether oxygens (including phenoxy) is 1. The van der Waals surface area contributed by atoms with Crippen LogP contribution in [0.2, 0.25) is 0 Å². The number of aliphatic hydroxyl groups excluding tert-OH is 1. The number of rotatable bonds is 2. The Bertz CT molecular complexity index is 96.4. The van der Waals surface area contributed by atoms with Crippen LogP contribution < -0.4 is 0 Å². The van der Waals surface area contributed by atoms with Crippen LogP contribution in [0.25, 0.3) is 0 Å². The van der Waals surface area contributed by atoms with Gasteiger partial charge in [0.2, 0.25) is 0 Å². The van der Waals surface area contributed by atoms with Gasteiger partial charge in [0.05, 0.1) is 12.5 Å². The Morgan fingerprint density at radius 2 is 2.50 bits per heavy atom. The van der Waals surface area contributed by atoms with Crippen molar-refractivity contribution in [2.24, 2.45) is 0 Å². The summed E-state index contributed by atoms with van der Waals surface area (Å²) in [7, 11) is 0. The molecular weight excluding hydrogens is 128 g/mol. The lowest BCUT2D eigenvalue weighted by Crippen LogP contribution is -2.13. The highest BCUT2D eigenvalue weighted by Crippen LogP contribution is 2.36. The van der Waals surface area contributed by atoms with E-state index in [2.05, 4.69) is 0 Å². The van der Waals surface area contributed by atoms with Gasteiger partial charge in [0.15, 0.2) is 0 Å². The molecular formula is C5H9ClO2. The van der Waals surface area contributed by atoms with Crippen molar-refractivity contribution in [3.63, 3.8) is 0 Å². The lowest BCUT2D eigenvalue weighted by Gasteiger charge is -1.94. The van der Waals surface area contributed by atoms with E-state index in [-0.39, 0.29) is 18.3 Å². The van der Waals surface area contributed by atoms with Crippen molar-refractivity contribution in [3.8, 4) is 0 Å². The van der Waals surface area contributed by atoms with Crippen LogP contribution in [0, 0.1) is 0 Å². The zero-order chi connectivity index (χ0) is 6.20. The van der Waals surface area contributed by atoms with Crippen molar-refractivity contribution in [1.82, 2.24) is 0 Å². The molecule has 2 atom stereocenters. The maximum absolute atomic E-state index is 8.49. The van der Waals surface area contributed by atoms with Crippen molar-refractivity contribution >= 4 is 11.6 Å². The Morgan fingerprint density at radius 3 is 2.62 bits per heavy atom. The molecule has 2 unspecified atom stereocenters. The standard InChI is InChI=1S/C5H9ClO2/c1-5(3-6)4(2-7)8-5/h4,7H,2-3H2,1H3. The highest BCUT2D eigenvalue weighted by Gasteiger charge is 2.50. The molecule has 0 saturated carbocycles. The summed E-state index contributed by atoms with van der Waals surface area (Å²) in [6, 6.07) is 0. The van der Waals surface area contributed by atoms with Gasteiger partial charge in [-0.05, 0) is 6.92 Å². The molecule has 0 aliphatic carbocycles. The van der Waals surface area contributed by atoms with Crippen molar-refractivity contribution in [1.29, 1.82) is 0 Å². The third kappa shape index (κ3) is 0.835. The van der Waals surface area contributed by atoms with Crippen LogP contribution in [0.4, 0.5) is 0 Å². The minimum absolute atomic E-state index is 0.0139. The first-order chi connectivity index (χ1) is 3.73. The lowest BCUT2D eigenvalue weighted by atomic mass is 10.1. The third-order valence-electron chi connectivity index (χ3n) is 1.47. The molecule has 1 aliphatic heterocycles. The predicted octanol–water partition coefficient (Wildman–Crippen LogP) is 0.375. The summed E-state index contributed by atoms with van der Waals surface area (Å²) >= 11 is 5.48. The van der Waals surface area contributed by atoms with Gasteiger partial charge >= 0.3 is 0 Å². The minimum atomic E-state index is -0.226. The molecule has 1 rings (SSSR count). The molecule has 0 aromatic rings. The summed E-state index contributed by atoms with van der Waals surface area (Å²) < 4.78 is 5.02. The van der Waals surface area contributed by atoms with E-state index in [9.17, 15) is 0 Å². The van der Waals surface area contributed by atoms with Gasteiger partial charge in [0.1, 0.15) is 11.7 Å². The van der Waals surface area contributed by atoms with E-state index in [1.54, 1.807) is 0 Å². The molecule has 0 aromatic heterocycles. The van der Waals surface area contributed by atoms with Crippen LogP contribution in [0.3, 0.4) is 0 Å². The number of alkyl halides is 1. The van der Waals surface area contributed by atoms with E-state index in [0.717, 1.165) is 0 Å². The number of epoxide rings is 1. The molecule has 1 N–H and O–H groups in total. The summed E-state index contributed by atoms with van der Waals surface area (Å²) in [5.41, 5.74) is -0.226. The van der Waals surface area contributed by atoms with Gasteiger partial charge in [-0.15, -0.1) is 11.6 Å². The molecule has 8 heavy (non-hydrogen) atoms. The van der Waals surface area contributed by atoms with E-state index >= 15 is 0 Å². The van der Waals surface area contributed by atoms with Crippen LogP contribution in [0.15, 0.2) is 0 Å². The molecule has 3 heteroatoms. The van der Waals surface area contributed by atoms with Gasteiger partial charge in [-0.3, -0.25) is 0 Å². The van der Waals surface area contributed by atoms with Gasteiger partial charge in [-0.1, -0.05) is 0 Å². The molecule has 1 saturated heterocycles. The zero-order valence-corrected chi connectivity index (χ0v) is 5.48. The Kier molecular flexibility index (Phi) is 1.48. The number of hydrogen-bond donors (Lipinski definition) is 1. The Labute approximate surface area is 53.4 Å². The van der Waals surface area contributed by atoms with Gasteiger partial charge in [-0.2, -0.15) is 0 Å². The summed E-state index contributed by atoms with van der Waals surface area (Å²) in [6.45, 7) is 1.98. The average Bonchev–Trinajstić information content (AvgIpc) is 2.44. The van der Waals surface area contributed by atoms with Crippen molar-refractivity contribution in [2.75, 3.05) is 12.5 Å². The van der Waals surface area contributed by atoms with E-state index < -0.39 is 0 Å². The first-order valence-electron chi connectivity index (χ1n) is 2.57. The largest absolute Gasteiger partial charge is 0.394 e. The van der Waals surface area contributed by atoms with Crippen LogP contribution in [-0.4, -0.2) is 29.3 Å². The zero-order valence-electron chi connectivity index (χ0n) is 4.72. The predicted molar refractivity (Wildman–Crippen MR) is 31.1 cm³/mol. The van der Waals surface area contributed by atoms with Crippen molar-refractivity contribution in [3.05, 3.63) is 0 Å². The molecule has 0 radical (unpaired) electrons. The number of hydrogen-bond acceptors (Lipinski definition) is 2. The molecule has 0 bridgehead atoms. The maximum Gasteiger partial charge on any atom is 0.111 e. The fraction of sp³-hybridized carbons (Fsp3) is 1.00. The second-order valence-corrected chi connectivity index (χ2v) is 2.50. The van der Waals surface area contributed by atoms with Gasteiger partial charge in [0, 0.05) is 0 Å². The third-order valence-corrected chi connectivity index (χ3v) is 2.00. The molecule has 1 heterocycles.